The minimum absolute atomic E-state index is 0.568. The Morgan fingerprint density at radius 2 is 1.94 bits per heavy atom. The van der Waals surface area contributed by atoms with Crippen molar-refractivity contribution < 1.29 is 0 Å². The molecule has 4 nitrogen and oxygen atoms in total. The summed E-state index contributed by atoms with van der Waals surface area (Å²) in [6.07, 6.45) is 7.79. The minimum atomic E-state index is 0.568. The lowest BCUT2D eigenvalue weighted by atomic mass is 9.91. The Morgan fingerprint density at radius 1 is 1.18 bits per heavy atom. The molecule has 3 rings (SSSR count). The van der Waals surface area contributed by atoms with Crippen molar-refractivity contribution in [2.45, 2.75) is 56.7 Å². The molecule has 17 heavy (non-hydrogen) atoms. The van der Waals surface area contributed by atoms with Crippen LogP contribution in [0, 0.1) is 0 Å². The van der Waals surface area contributed by atoms with Gasteiger partial charge in [-0.25, -0.2) is 4.99 Å². The number of guanidine groups is 1. The van der Waals surface area contributed by atoms with Crippen LogP contribution in [-0.4, -0.2) is 49.1 Å². The Balaban J connectivity index is 1.62. The van der Waals surface area contributed by atoms with Crippen molar-refractivity contribution in [3.63, 3.8) is 0 Å². The van der Waals surface area contributed by atoms with Crippen LogP contribution in [0.1, 0.15) is 38.5 Å². The molecule has 2 atom stereocenters. The Hall–Kier alpha value is -0.770. The predicted octanol–water partition coefficient (Wildman–Crippen LogP) is 0.941. The second-order valence-corrected chi connectivity index (χ2v) is 5.65. The molecule has 2 N–H and O–H groups in total. The second kappa shape index (κ2) is 4.84. The van der Waals surface area contributed by atoms with Gasteiger partial charge in [-0.15, -0.1) is 0 Å². The first-order valence-electron chi connectivity index (χ1n) is 7.12. The van der Waals surface area contributed by atoms with Crippen LogP contribution in [0.15, 0.2) is 4.99 Å². The lowest BCUT2D eigenvalue weighted by Gasteiger charge is -2.32. The standard InChI is InChI=1S/C13H24N4/c1-17-12-5-3-2-4-11(12)16-13(17)15-10-6-8-14-9-7-10/h10-12,14H,2-9H2,1H3,(H,15,16). The molecule has 0 amide bonds. The van der Waals surface area contributed by atoms with Crippen LogP contribution in [0.25, 0.3) is 0 Å². The summed E-state index contributed by atoms with van der Waals surface area (Å²) in [6, 6.07) is 1.86. The van der Waals surface area contributed by atoms with Gasteiger partial charge in [0, 0.05) is 13.1 Å². The molecular formula is C13H24N4. The van der Waals surface area contributed by atoms with E-state index < -0.39 is 0 Å². The first-order chi connectivity index (χ1) is 8.34. The molecule has 0 aromatic carbocycles. The van der Waals surface area contributed by atoms with Gasteiger partial charge < -0.3 is 15.5 Å². The fourth-order valence-corrected chi connectivity index (χ4v) is 3.39. The van der Waals surface area contributed by atoms with E-state index in [2.05, 4.69) is 22.6 Å². The normalized spacial score (nSPS) is 34.4. The summed E-state index contributed by atoms with van der Waals surface area (Å²) in [7, 11) is 2.21. The average molecular weight is 236 g/mol. The van der Waals surface area contributed by atoms with Crippen LogP contribution in [0.4, 0.5) is 0 Å². The molecule has 2 fully saturated rings. The van der Waals surface area contributed by atoms with Gasteiger partial charge in [-0.1, -0.05) is 12.8 Å². The molecule has 0 aromatic heterocycles. The Kier molecular flexibility index (Phi) is 3.23. The van der Waals surface area contributed by atoms with Crippen LogP contribution in [-0.2, 0) is 0 Å². The molecule has 0 aromatic rings. The van der Waals surface area contributed by atoms with Gasteiger partial charge >= 0.3 is 0 Å². The molecule has 1 saturated heterocycles. The molecule has 2 aliphatic heterocycles. The number of nitrogens with one attached hydrogen (secondary N) is 2. The molecular weight excluding hydrogens is 212 g/mol. The lowest BCUT2D eigenvalue weighted by Crippen LogP contribution is -2.49. The molecule has 0 radical (unpaired) electrons. The maximum atomic E-state index is 4.90. The minimum Gasteiger partial charge on any atom is -0.353 e. The van der Waals surface area contributed by atoms with Gasteiger partial charge in [0.15, 0.2) is 5.96 Å². The first kappa shape index (κ1) is 11.3. The number of likely N-dealkylation sites (N-methyl/N-ethyl adjacent to an activating group) is 1. The highest BCUT2D eigenvalue weighted by Crippen LogP contribution is 2.29. The van der Waals surface area contributed by atoms with E-state index in [1.165, 1.54) is 38.5 Å². The lowest BCUT2D eigenvalue weighted by molar-refractivity contribution is 0.270. The SMILES string of the molecule is CN1C(NC2CCNCC2)=NC2CCCCC21. The van der Waals surface area contributed by atoms with Crippen molar-refractivity contribution in [1.29, 1.82) is 0 Å². The van der Waals surface area contributed by atoms with Crippen molar-refractivity contribution in [3.8, 4) is 0 Å². The quantitative estimate of drug-likeness (QED) is 0.712. The summed E-state index contributed by atoms with van der Waals surface area (Å²) < 4.78 is 0. The number of nitrogens with zero attached hydrogens (tertiary/aromatic N) is 2. The molecule has 2 unspecified atom stereocenters. The van der Waals surface area contributed by atoms with E-state index in [1.807, 2.05) is 0 Å². The number of hydrogen-bond donors (Lipinski definition) is 2. The van der Waals surface area contributed by atoms with Crippen molar-refractivity contribution in [1.82, 2.24) is 15.5 Å². The number of piperidine rings is 1. The van der Waals surface area contributed by atoms with Gasteiger partial charge in [0.2, 0.25) is 0 Å². The third-order valence-electron chi connectivity index (χ3n) is 4.49. The van der Waals surface area contributed by atoms with Gasteiger partial charge in [0.25, 0.3) is 0 Å². The summed E-state index contributed by atoms with van der Waals surface area (Å²) in [6.45, 7) is 2.28. The van der Waals surface area contributed by atoms with Gasteiger partial charge in [0.05, 0.1) is 12.1 Å². The van der Waals surface area contributed by atoms with Crippen molar-refractivity contribution in [3.05, 3.63) is 0 Å². The van der Waals surface area contributed by atoms with Crippen LogP contribution in [0.5, 0.6) is 0 Å². The molecule has 2 heterocycles. The second-order valence-electron chi connectivity index (χ2n) is 5.65. The van der Waals surface area contributed by atoms with E-state index in [9.17, 15) is 0 Å². The average Bonchev–Trinajstić information content (AvgIpc) is 2.68. The van der Waals surface area contributed by atoms with Crippen molar-refractivity contribution in [2.75, 3.05) is 20.1 Å². The van der Waals surface area contributed by atoms with Crippen molar-refractivity contribution in [2.24, 2.45) is 4.99 Å². The third-order valence-corrected chi connectivity index (χ3v) is 4.49. The van der Waals surface area contributed by atoms with E-state index in [4.69, 9.17) is 4.99 Å². The zero-order chi connectivity index (χ0) is 11.7. The fourth-order valence-electron chi connectivity index (χ4n) is 3.39. The van der Waals surface area contributed by atoms with Gasteiger partial charge in [-0.05, 0) is 38.8 Å². The number of hydrogen-bond acceptors (Lipinski definition) is 4. The van der Waals surface area contributed by atoms with Gasteiger partial charge in [0.1, 0.15) is 0 Å². The highest BCUT2D eigenvalue weighted by Gasteiger charge is 2.36. The zero-order valence-electron chi connectivity index (χ0n) is 10.8. The Morgan fingerprint density at radius 3 is 2.71 bits per heavy atom. The Labute approximate surface area is 104 Å². The van der Waals surface area contributed by atoms with E-state index in [1.54, 1.807) is 0 Å². The Bertz CT molecular complexity index is 296. The smallest absolute Gasteiger partial charge is 0.194 e. The molecule has 3 aliphatic rings. The van der Waals surface area contributed by atoms with E-state index in [-0.39, 0.29) is 0 Å². The molecule has 4 heteroatoms. The maximum absolute atomic E-state index is 4.90. The summed E-state index contributed by atoms with van der Waals surface area (Å²) in [4.78, 5) is 7.29. The van der Waals surface area contributed by atoms with Crippen molar-refractivity contribution >= 4 is 5.96 Å². The highest BCUT2D eigenvalue weighted by molar-refractivity contribution is 5.82. The predicted molar refractivity (Wildman–Crippen MR) is 70.3 cm³/mol. The molecule has 1 aliphatic carbocycles. The largest absolute Gasteiger partial charge is 0.353 e. The molecule has 96 valence electrons. The van der Waals surface area contributed by atoms with E-state index in [0.717, 1.165) is 19.0 Å². The first-order valence-corrected chi connectivity index (χ1v) is 7.12. The van der Waals surface area contributed by atoms with Crippen LogP contribution in [0.3, 0.4) is 0 Å². The van der Waals surface area contributed by atoms with Gasteiger partial charge in [-0.2, -0.15) is 0 Å². The van der Waals surface area contributed by atoms with Crippen LogP contribution in [0.2, 0.25) is 0 Å². The van der Waals surface area contributed by atoms with Gasteiger partial charge in [-0.3, -0.25) is 0 Å². The summed E-state index contributed by atoms with van der Waals surface area (Å²) >= 11 is 0. The molecule has 1 saturated carbocycles. The number of fused-ring (bicyclic) bond motifs is 1. The summed E-state index contributed by atoms with van der Waals surface area (Å²) in [5.74, 6) is 1.16. The van der Waals surface area contributed by atoms with E-state index >= 15 is 0 Å². The highest BCUT2D eigenvalue weighted by atomic mass is 15.4. The molecule has 0 spiro atoms. The maximum Gasteiger partial charge on any atom is 0.194 e. The monoisotopic (exact) mass is 236 g/mol. The summed E-state index contributed by atoms with van der Waals surface area (Å²) in [5, 5.41) is 7.07. The third kappa shape index (κ3) is 2.28. The fraction of sp³-hybridized carbons (Fsp3) is 0.923. The van der Waals surface area contributed by atoms with Crippen LogP contribution >= 0.6 is 0 Å². The number of aliphatic imine (C=N–C) groups is 1. The van der Waals surface area contributed by atoms with Crippen LogP contribution < -0.4 is 10.6 Å². The number of rotatable bonds is 1. The topological polar surface area (TPSA) is 39.7 Å². The zero-order valence-corrected chi connectivity index (χ0v) is 10.8. The molecule has 0 bridgehead atoms. The summed E-state index contributed by atoms with van der Waals surface area (Å²) in [5.41, 5.74) is 0. The van der Waals surface area contributed by atoms with E-state index in [0.29, 0.717) is 18.1 Å².